The predicted molar refractivity (Wildman–Crippen MR) is 95.4 cm³/mol. The number of hydrogen-bond acceptors (Lipinski definition) is 4. The smallest absolute Gasteiger partial charge is 0.224 e. The number of rotatable bonds is 3. The standard InChI is InChI=1S/C15H12Br2N4O/c1-21-13-5-3-2-4-12(13)19-15(21)20-18-8-9-6-10(16)14(22)11(17)7-9/h2-8,22H,1H3,(H,19,20)/b18-8-. The fourth-order valence-corrected chi connectivity index (χ4v) is 3.29. The number of nitrogens with one attached hydrogen (secondary N) is 1. The van der Waals surface area contributed by atoms with Crippen molar-refractivity contribution in [2.24, 2.45) is 12.1 Å². The van der Waals surface area contributed by atoms with Gasteiger partial charge in [-0.3, -0.25) is 0 Å². The number of benzene rings is 2. The van der Waals surface area contributed by atoms with Crippen LogP contribution in [0.15, 0.2) is 50.4 Å². The largest absolute Gasteiger partial charge is 0.506 e. The minimum atomic E-state index is 0.167. The zero-order valence-electron chi connectivity index (χ0n) is 11.6. The van der Waals surface area contributed by atoms with Crippen LogP contribution >= 0.6 is 31.9 Å². The third-order valence-corrected chi connectivity index (χ3v) is 4.41. The normalized spacial score (nSPS) is 11.4. The number of aryl methyl sites for hydroxylation is 1. The van der Waals surface area contributed by atoms with Gasteiger partial charge in [-0.1, -0.05) is 12.1 Å². The van der Waals surface area contributed by atoms with Crippen molar-refractivity contribution in [1.82, 2.24) is 9.55 Å². The van der Waals surface area contributed by atoms with Crippen molar-refractivity contribution in [2.45, 2.75) is 0 Å². The van der Waals surface area contributed by atoms with Gasteiger partial charge in [0.25, 0.3) is 0 Å². The molecule has 0 aliphatic rings. The number of aromatic hydroxyl groups is 1. The molecule has 3 rings (SSSR count). The molecule has 0 saturated heterocycles. The summed E-state index contributed by atoms with van der Waals surface area (Å²) in [5.74, 6) is 0.829. The highest BCUT2D eigenvalue weighted by Crippen LogP contribution is 2.32. The van der Waals surface area contributed by atoms with E-state index < -0.39 is 0 Å². The lowest BCUT2D eigenvalue weighted by Crippen LogP contribution is -1.98. The summed E-state index contributed by atoms with van der Waals surface area (Å²) in [5.41, 5.74) is 5.72. The Morgan fingerprint density at radius 2 is 1.91 bits per heavy atom. The first-order valence-electron chi connectivity index (χ1n) is 6.45. The molecular formula is C15H12Br2N4O. The molecular weight excluding hydrogens is 412 g/mol. The lowest BCUT2D eigenvalue weighted by molar-refractivity contribution is 0.468. The molecule has 0 amide bonds. The van der Waals surface area contributed by atoms with Crippen molar-refractivity contribution < 1.29 is 5.11 Å². The molecule has 0 aliphatic heterocycles. The van der Waals surface area contributed by atoms with Gasteiger partial charge in [-0.15, -0.1) is 0 Å². The van der Waals surface area contributed by atoms with Gasteiger partial charge < -0.3 is 9.67 Å². The zero-order valence-corrected chi connectivity index (χ0v) is 14.8. The number of imidazole rings is 1. The van der Waals surface area contributed by atoms with Gasteiger partial charge in [-0.2, -0.15) is 5.10 Å². The van der Waals surface area contributed by atoms with Crippen LogP contribution in [-0.4, -0.2) is 20.9 Å². The van der Waals surface area contributed by atoms with E-state index in [4.69, 9.17) is 0 Å². The number of phenols is 1. The number of para-hydroxylation sites is 2. The summed E-state index contributed by atoms with van der Waals surface area (Å²) in [4.78, 5) is 4.47. The van der Waals surface area contributed by atoms with Crippen LogP contribution in [0.3, 0.4) is 0 Å². The van der Waals surface area contributed by atoms with Crippen LogP contribution in [0, 0.1) is 0 Å². The molecule has 22 heavy (non-hydrogen) atoms. The maximum atomic E-state index is 9.68. The van der Waals surface area contributed by atoms with Crippen molar-refractivity contribution in [3.8, 4) is 5.75 Å². The maximum Gasteiger partial charge on any atom is 0.224 e. The van der Waals surface area contributed by atoms with Crippen LogP contribution in [0.25, 0.3) is 11.0 Å². The van der Waals surface area contributed by atoms with E-state index >= 15 is 0 Å². The summed E-state index contributed by atoms with van der Waals surface area (Å²) in [6.07, 6.45) is 1.66. The van der Waals surface area contributed by atoms with E-state index in [1.54, 1.807) is 18.3 Å². The molecule has 5 nitrogen and oxygen atoms in total. The second-order valence-electron chi connectivity index (χ2n) is 4.69. The van der Waals surface area contributed by atoms with Gasteiger partial charge in [0.15, 0.2) is 0 Å². The molecule has 0 fully saturated rings. The topological polar surface area (TPSA) is 62.4 Å². The molecule has 0 atom stereocenters. The molecule has 0 aliphatic carbocycles. The summed E-state index contributed by atoms with van der Waals surface area (Å²) in [7, 11) is 1.93. The Morgan fingerprint density at radius 1 is 1.23 bits per heavy atom. The number of anilines is 1. The number of aromatic nitrogens is 2. The molecule has 1 aromatic heterocycles. The molecule has 0 saturated carbocycles. The molecule has 7 heteroatoms. The minimum Gasteiger partial charge on any atom is -0.506 e. The first-order valence-corrected chi connectivity index (χ1v) is 8.03. The van der Waals surface area contributed by atoms with Gasteiger partial charge in [0.05, 0.1) is 26.2 Å². The van der Waals surface area contributed by atoms with Gasteiger partial charge >= 0.3 is 0 Å². The van der Waals surface area contributed by atoms with Crippen LogP contribution in [0.5, 0.6) is 5.75 Å². The number of phenolic OH excluding ortho intramolecular Hbond substituents is 1. The maximum absolute atomic E-state index is 9.68. The van der Waals surface area contributed by atoms with Gasteiger partial charge in [0.1, 0.15) is 5.75 Å². The predicted octanol–water partition coefficient (Wildman–Crippen LogP) is 4.25. The Labute approximate surface area is 143 Å². The monoisotopic (exact) mass is 422 g/mol. The molecule has 0 spiro atoms. The number of fused-ring (bicyclic) bond motifs is 1. The van der Waals surface area contributed by atoms with Crippen molar-refractivity contribution in [2.75, 3.05) is 5.43 Å². The molecule has 1 heterocycles. The van der Waals surface area contributed by atoms with Crippen molar-refractivity contribution in [3.63, 3.8) is 0 Å². The summed E-state index contributed by atoms with van der Waals surface area (Å²) in [6, 6.07) is 11.4. The number of halogens is 2. The summed E-state index contributed by atoms with van der Waals surface area (Å²) in [6.45, 7) is 0. The van der Waals surface area contributed by atoms with E-state index in [1.165, 1.54) is 0 Å². The van der Waals surface area contributed by atoms with E-state index in [2.05, 4.69) is 47.4 Å². The van der Waals surface area contributed by atoms with Gasteiger partial charge in [0, 0.05) is 7.05 Å². The van der Waals surface area contributed by atoms with E-state index in [1.807, 2.05) is 35.9 Å². The molecule has 0 unspecified atom stereocenters. The zero-order chi connectivity index (χ0) is 15.7. The lowest BCUT2D eigenvalue weighted by atomic mass is 10.2. The van der Waals surface area contributed by atoms with Crippen molar-refractivity contribution >= 4 is 55.1 Å². The Bertz CT molecular complexity index is 850. The highest BCUT2D eigenvalue weighted by atomic mass is 79.9. The first kappa shape index (κ1) is 15.1. The van der Waals surface area contributed by atoms with Crippen LogP contribution in [-0.2, 0) is 7.05 Å². The summed E-state index contributed by atoms with van der Waals surface area (Å²) < 4.78 is 3.15. The van der Waals surface area contributed by atoms with Crippen LogP contribution in [0.1, 0.15) is 5.56 Å². The van der Waals surface area contributed by atoms with E-state index in [-0.39, 0.29) is 5.75 Å². The fourth-order valence-electron chi connectivity index (χ4n) is 2.07. The molecule has 2 aromatic carbocycles. The molecule has 3 aromatic rings. The highest BCUT2D eigenvalue weighted by molar-refractivity contribution is 9.11. The van der Waals surface area contributed by atoms with E-state index in [0.717, 1.165) is 16.6 Å². The average Bonchev–Trinajstić information content (AvgIpc) is 2.82. The lowest BCUT2D eigenvalue weighted by Gasteiger charge is -2.03. The molecule has 0 bridgehead atoms. The Morgan fingerprint density at radius 3 is 2.59 bits per heavy atom. The minimum absolute atomic E-state index is 0.167. The highest BCUT2D eigenvalue weighted by Gasteiger charge is 2.06. The third kappa shape index (κ3) is 2.86. The Balaban J connectivity index is 1.83. The SMILES string of the molecule is Cn1c(N/N=C\c2cc(Br)c(O)c(Br)c2)nc2ccccc21. The fraction of sp³-hybridized carbons (Fsp3) is 0.0667. The Kier molecular flexibility index (Phi) is 4.17. The van der Waals surface area contributed by atoms with Gasteiger partial charge in [0.2, 0.25) is 5.95 Å². The molecule has 0 radical (unpaired) electrons. The second kappa shape index (κ2) is 6.10. The van der Waals surface area contributed by atoms with Crippen LogP contribution in [0.4, 0.5) is 5.95 Å². The van der Waals surface area contributed by atoms with E-state index in [0.29, 0.717) is 14.9 Å². The molecule has 2 N–H and O–H groups in total. The Hall–Kier alpha value is -1.86. The average molecular weight is 424 g/mol. The summed E-state index contributed by atoms with van der Waals surface area (Å²) in [5, 5.41) is 13.9. The number of nitrogens with zero attached hydrogens (tertiary/aromatic N) is 3. The quantitative estimate of drug-likeness (QED) is 0.489. The second-order valence-corrected chi connectivity index (χ2v) is 6.39. The number of hydrazone groups is 1. The first-order chi connectivity index (χ1) is 10.6. The number of hydrogen-bond donors (Lipinski definition) is 2. The van der Waals surface area contributed by atoms with Crippen LogP contribution in [0.2, 0.25) is 0 Å². The van der Waals surface area contributed by atoms with Crippen molar-refractivity contribution in [3.05, 3.63) is 50.9 Å². The van der Waals surface area contributed by atoms with Crippen molar-refractivity contribution in [1.29, 1.82) is 0 Å². The van der Waals surface area contributed by atoms with Gasteiger partial charge in [-0.05, 0) is 61.7 Å². The summed E-state index contributed by atoms with van der Waals surface area (Å²) >= 11 is 6.58. The third-order valence-electron chi connectivity index (χ3n) is 3.20. The van der Waals surface area contributed by atoms with Gasteiger partial charge in [-0.25, -0.2) is 10.4 Å². The van der Waals surface area contributed by atoms with E-state index in [9.17, 15) is 5.11 Å². The molecule has 112 valence electrons. The van der Waals surface area contributed by atoms with Crippen LogP contribution < -0.4 is 5.43 Å².